The molecule has 3 fully saturated rings. The number of fused-ring (bicyclic) bond motifs is 1. The van der Waals surface area contributed by atoms with Crippen LogP contribution in [0.1, 0.15) is 46.1 Å². The normalized spacial score (nSPS) is 28.7. The number of amides is 3. The summed E-state index contributed by atoms with van der Waals surface area (Å²) in [7, 11) is 0. The number of ether oxygens (including phenoxy) is 1. The van der Waals surface area contributed by atoms with Crippen LogP contribution in [-0.4, -0.2) is 75.6 Å². The Hall–Kier alpha value is -3.46. The number of likely N-dealkylation sites (tertiary alicyclic amines) is 1. The molecule has 0 saturated carbocycles. The molecule has 3 unspecified atom stereocenters. The first kappa shape index (κ1) is 33.9. The first-order valence-corrected chi connectivity index (χ1v) is 16.6. The fourth-order valence-corrected chi connectivity index (χ4v) is 8.43. The molecule has 7 atom stereocenters. The molecule has 0 aromatic heterocycles. The maximum Gasteiger partial charge on any atom is 0.253 e. The molecule has 5 rings (SSSR count). The number of para-hydroxylation sites is 1. The average molecular weight is 648 g/mol. The van der Waals surface area contributed by atoms with E-state index in [0.717, 1.165) is 5.56 Å². The number of benzene rings is 2. The highest BCUT2D eigenvalue weighted by atomic mass is 35.5. The summed E-state index contributed by atoms with van der Waals surface area (Å²) in [6, 6.07) is 15.0. The number of halogens is 1. The molecule has 9 heteroatoms. The molecule has 2 aromatic carbocycles. The molecule has 3 saturated heterocycles. The van der Waals surface area contributed by atoms with Gasteiger partial charge in [0.2, 0.25) is 11.8 Å². The van der Waals surface area contributed by atoms with Crippen molar-refractivity contribution < 1.29 is 24.2 Å². The summed E-state index contributed by atoms with van der Waals surface area (Å²) in [6.45, 7) is 16.2. The van der Waals surface area contributed by atoms with Gasteiger partial charge in [0, 0.05) is 19.6 Å². The molecule has 3 amide bonds. The van der Waals surface area contributed by atoms with Crippen LogP contribution in [-0.2, 0) is 25.7 Å². The van der Waals surface area contributed by atoms with Gasteiger partial charge in [0.1, 0.15) is 11.6 Å². The minimum atomic E-state index is -1.28. The number of hydrogen-bond acceptors (Lipinski definition) is 5. The molecule has 1 spiro atoms. The van der Waals surface area contributed by atoms with E-state index in [-0.39, 0.29) is 42.7 Å². The van der Waals surface area contributed by atoms with Crippen molar-refractivity contribution in [3.8, 4) is 0 Å². The largest absolute Gasteiger partial charge is 0.394 e. The zero-order valence-electron chi connectivity index (χ0n) is 27.3. The van der Waals surface area contributed by atoms with Crippen LogP contribution in [0.5, 0.6) is 0 Å². The Bertz CT molecular complexity index is 1480. The number of hydrogen-bond donors (Lipinski definition) is 1. The lowest BCUT2D eigenvalue weighted by molar-refractivity contribution is -0.154. The van der Waals surface area contributed by atoms with Crippen LogP contribution in [0.25, 0.3) is 0 Å². The van der Waals surface area contributed by atoms with Crippen molar-refractivity contribution in [1.82, 2.24) is 9.80 Å². The van der Waals surface area contributed by atoms with Crippen molar-refractivity contribution >= 4 is 35.0 Å². The molecule has 46 heavy (non-hydrogen) atoms. The Balaban J connectivity index is 1.64. The monoisotopic (exact) mass is 647 g/mol. The lowest BCUT2D eigenvalue weighted by Crippen LogP contribution is -2.59. The quantitative estimate of drug-likeness (QED) is 0.291. The Morgan fingerprint density at radius 2 is 1.74 bits per heavy atom. The summed E-state index contributed by atoms with van der Waals surface area (Å²) in [5.74, 6) is -2.65. The Morgan fingerprint density at radius 3 is 2.35 bits per heavy atom. The highest BCUT2D eigenvalue weighted by Gasteiger charge is 2.80. The number of carbonyl (C=O) groups excluding carboxylic acids is 3. The SMILES string of the molecule is C=CCN(Cc1ccccc1)C(=O)[C@H]1[C@H]2C(=O)N([C@@H](CO)CC(C)C)C(C(=O)N(CC=C)c3ccccc3Cl)C23CC(C)[C@]1(C)O3. The van der Waals surface area contributed by atoms with Crippen LogP contribution >= 0.6 is 11.6 Å². The maximum atomic E-state index is 15.0. The number of anilines is 1. The third kappa shape index (κ3) is 5.58. The lowest BCUT2D eigenvalue weighted by atomic mass is 9.62. The van der Waals surface area contributed by atoms with E-state index in [1.165, 1.54) is 0 Å². The first-order chi connectivity index (χ1) is 21.9. The van der Waals surface area contributed by atoms with Crippen LogP contribution in [0.4, 0.5) is 5.69 Å². The molecule has 3 aliphatic heterocycles. The van der Waals surface area contributed by atoms with E-state index < -0.39 is 35.1 Å². The zero-order valence-corrected chi connectivity index (χ0v) is 28.0. The van der Waals surface area contributed by atoms with Crippen molar-refractivity contribution in [3.63, 3.8) is 0 Å². The first-order valence-electron chi connectivity index (χ1n) is 16.2. The predicted octanol–water partition coefficient (Wildman–Crippen LogP) is 5.49. The van der Waals surface area contributed by atoms with Crippen molar-refractivity contribution in [1.29, 1.82) is 0 Å². The predicted molar refractivity (Wildman–Crippen MR) is 180 cm³/mol. The molecule has 0 radical (unpaired) electrons. The van der Waals surface area contributed by atoms with Crippen LogP contribution in [0.2, 0.25) is 5.02 Å². The van der Waals surface area contributed by atoms with E-state index in [4.69, 9.17) is 16.3 Å². The Labute approximate surface area is 277 Å². The minimum absolute atomic E-state index is 0.131. The second-order valence-corrected chi connectivity index (χ2v) is 14.0. The smallest absolute Gasteiger partial charge is 0.253 e. The second-order valence-electron chi connectivity index (χ2n) is 13.6. The molecule has 3 aliphatic rings. The van der Waals surface area contributed by atoms with E-state index >= 15 is 0 Å². The van der Waals surface area contributed by atoms with E-state index in [1.54, 1.807) is 51.1 Å². The molecule has 3 heterocycles. The van der Waals surface area contributed by atoms with Gasteiger partial charge in [-0.15, -0.1) is 13.2 Å². The van der Waals surface area contributed by atoms with Gasteiger partial charge >= 0.3 is 0 Å². The molecular weight excluding hydrogens is 602 g/mol. The summed E-state index contributed by atoms with van der Waals surface area (Å²) < 4.78 is 7.00. The van der Waals surface area contributed by atoms with Gasteiger partial charge in [-0.3, -0.25) is 14.4 Å². The Kier molecular flexibility index (Phi) is 9.83. The molecule has 0 aliphatic carbocycles. The van der Waals surface area contributed by atoms with Gasteiger partial charge in [-0.05, 0) is 49.3 Å². The van der Waals surface area contributed by atoms with E-state index in [2.05, 4.69) is 13.2 Å². The maximum absolute atomic E-state index is 15.0. The lowest BCUT2D eigenvalue weighted by Gasteiger charge is -2.40. The van der Waals surface area contributed by atoms with E-state index in [0.29, 0.717) is 36.6 Å². The molecule has 1 N–H and O–H groups in total. The highest BCUT2D eigenvalue weighted by Crippen LogP contribution is 2.66. The third-order valence-corrected chi connectivity index (χ3v) is 10.5. The van der Waals surface area contributed by atoms with E-state index in [9.17, 15) is 19.5 Å². The summed E-state index contributed by atoms with van der Waals surface area (Å²) >= 11 is 6.62. The molecule has 2 aromatic rings. The highest BCUT2D eigenvalue weighted by molar-refractivity contribution is 6.34. The summed E-state index contributed by atoms with van der Waals surface area (Å²) in [4.78, 5) is 49.4. The Morgan fingerprint density at radius 1 is 1.09 bits per heavy atom. The van der Waals surface area contributed by atoms with Crippen LogP contribution in [0.3, 0.4) is 0 Å². The van der Waals surface area contributed by atoms with Gasteiger partial charge in [0.25, 0.3) is 5.91 Å². The molecule has 2 bridgehead atoms. The van der Waals surface area contributed by atoms with Crippen LogP contribution in [0, 0.1) is 23.7 Å². The number of nitrogens with zero attached hydrogens (tertiary/aromatic N) is 3. The van der Waals surface area contributed by atoms with Crippen molar-refractivity contribution in [2.45, 2.75) is 70.4 Å². The van der Waals surface area contributed by atoms with Gasteiger partial charge in [-0.1, -0.05) is 87.0 Å². The molecule has 8 nitrogen and oxygen atoms in total. The van der Waals surface area contributed by atoms with Gasteiger partial charge < -0.3 is 24.5 Å². The minimum Gasteiger partial charge on any atom is -0.394 e. The van der Waals surface area contributed by atoms with Crippen molar-refractivity contribution in [2.24, 2.45) is 23.7 Å². The van der Waals surface area contributed by atoms with Crippen molar-refractivity contribution in [2.75, 3.05) is 24.6 Å². The van der Waals surface area contributed by atoms with Gasteiger partial charge in [0.15, 0.2) is 0 Å². The van der Waals surface area contributed by atoms with Crippen LogP contribution in [0.15, 0.2) is 79.9 Å². The molecular formula is C37H46ClN3O5. The number of rotatable bonds is 13. The summed E-state index contributed by atoms with van der Waals surface area (Å²) in [5.41, 5.74) is -0.816. The van der Waals surface area contributed by atoms with Gasteiger partial charge in [-0.25, -0.2) is 0 Å². The number of aliphatic hydroxyl groups excluding tert-OH is 1. The fraction of sp³-hybridized carbons (Fsp3) is 0.486. The third-order valence-electron chi connectivity index (χ3n) is 10.2. The topological polar surface area (TPSA) is 90.4 Å². The van der Waals surface area contributed by atoms with E-state index in [1.807, 2.05) is 58.0 Å². The second kappa shape index (κ2) is 13.3. The van der Waals surface area contributed by atoms with Gasteiger partial charge in [-0.2, -0.15) is 0 Å². The van der Waals surface area contributed by atoms with Crippen LogP contribution < -0.4 is 4.90 Å². The zero-order chi connectivity index (χ0) is 33.4. The number of carbonyl (C=O) groups is 3. The average Bonchev–Trinajstić information content (AvgIpc) is 3.55. The van der Waals surface area contributed by atoms with Crippen molar-refractivity contribution in [3.05, 3.63) is 90.5 Å². The number of aliphatic hydroxyl groups is 1. The fourth-order valence-electron chi connectivity index (χ4n) is 8.19. The summed E-state index contributed by atoms with van der Waals surface area (Å²) in [6.07, 6.45) is 4.20. The molecule has 246 valence electrons. The standard InChI is InChI=1S/C37H46ClN3O5/c1-7-18-39(22-26-14-10-9-11-15-26)33(43)30-31-34(44)41(27(23-42)20-24(3)4)32(37(31)21-25(5)36(30,6)46-37)35(45)40(19-8-2)29-17-13-12-16-28(29)38/h7-17,24-25,27,30-32,42H,1-2,18-23H2,3-6H3/t25?,27-,30-,31+,32?,36+,37?/m1/s1. The summed E-state index contributed by atoms with van der Waals surface area (Å²) in [5, 5.41) is 11.1. The van der Waals surface area contributed by atoms with Gasteiger partial charge in [0.05, 0.1) is 40.8 Å².